The van der Waals surface area contributed by atoms with Crippen molar-refractivity contribution in [2.45, 2.75) is 4.90 Å². The molecule has 0 bridgehead atoms. The minimum atomic E-state index is -3.52. The molecule has 144 valence electrons. The Balaban J connectivity index is 1.99. The van der Waals surface area contributed by atoms with E-state index in [0.717, 1.165) is 27.2 Å². The molecule has 2 aromatic carbocycles. The van der Waals surface area contributed by atoms with Crippen molar-refractivity contribution >= 4 is 36.5 Å². The molecule has 4 rings (SSSR count). The number of thiazole rings is 1. The highest BCUT2D eigenvalue weighted by Crippen LogP contribution is 2.40. The predicted molar refractivity (Wildman–Crippen MR) is 109 cm³/mol. The summed E-state index contributed by atoms with van der Waals surface area (Å²) < 4.78 is 25.8. The van der Waals surface area contributed by atoms with Crippen molar-refractivity contribution in [3.8, 4) is 22.5 Å². The molecule has 4 aromatic rings. The zero-order chi connectivity index (χ0) is 19.7. The van der Waals surface area contributed by atoms with Crippen LogP contribution in [0.3, 0.4) is 0 Å². The maximum Gasteiger partial charge on any atom is 0.206 e. The fourth-order valence-electron chi connectivity index (χ4n) is 2.98. The molecule has 0 aliphatic heterocycles. The molecule has 9 nitrogen and oxygen atoms in total. The largest absolute Gasteiger partial charge is 0.360 e. The van der Waals surface area contributed by atoms with Gasteiger partial charge in [-0.15, -0.1) is 10.2 Å². The Kier molecular flexibility index (Phi) is 4.79. The molecule has 0 unspecified atom stereocenters. The first-order valence-corrected chi connectivity index (χ1v) is 11.1. The highest BCUT2D eigenvalue weighted by atomic mass is 32.2. The van der Waals surface area contributed by atoms with E-state index in [-0.39, 0.29) is 10.7 Å². The van der Waals surface area contributed by atoms with Crippen LogP contribution < -0.4 is 11.1 Å². The Labute approximate surface area is 164 Å². The van der Waals surface area contributed by atoms with Gasteiger partial charge in [-0.2, -0.15) is 5.21 Å². The molecule has 11 heteroatoms. The first kappa shape index (κ1) is 18.5. The lowest BCUT2D eigenvalue weighted by Crippen LogP contribution is -2.12. The van der Waals surface area contributed by atoms with E-state index in [1.165, 1.54) is 11.3 Å². The number of hydrogen-bond acceptors (Lipinski definition) is 9. The first-order valence-electron chi connectivity index (χ1n) is 8.40. The second-order valence-corrected chi connectivity index (χ2v) is 9.09. The van der Waals surface area contributed by atoms with Crippen LogP contribution in [0.5, 0.6) is 0 Å². The van der Waals surface area contributed by atoms with Crippen molar-refractivity contribution < 1.29 is 8.42 Å². The molecule has 2 aromatic heterocycles. The van der Waals surface area contributed by atoms with Crippen LogP contribution in [0.15, 0.2) is 41.3 Å². The van der Waals surface area contributed by atoms with Crippen LogP contribution in [-0.2, 0) is 9.84 Å². The number of tetrazole rings is 1. The maximum absolute atomic E-state index is 12.4. The molecule has 0 amide bonds. The number of nitrogens with zero attached hydrogens (tertiary/aromatic N) is 4. The van der Waals surface area contributed by atoms with E-state index in [1.54, 1.807) is 12.1 Å². The molecular weight excluding hydrogens is 398 g/mol. The summed E-state index contributed by atoms with van der Waals surface area (Å²) in [4.78, 5) is 4.82. The summed E-state index contributed by atoms with van der Waals surface area (Å²) in [6.45, 7) is 1.12. The van der Waals surface area contributed by atoms with Gasteiger partial charge < -0.3 is 11.1 Å². The number of hydrogen-bond donors (Lipinski definition) is 3. The van der Waals surface area contributed by atoms with Crippen LogP contribution >= 0.6 is 11.3 Å². The number of anilines is 1. The van der Waals surface area contributed by atoms with E-state index < -0.39 is 9.84 Å². The SMILES string of the molecule is CS(=O)(=O)c1cccc(-c2cccc3sc(NCCN)nc23)c1-c1nn[nH]n1. The minimum absolute atomic E-state index is 0.139. The first-order chi connectivity index (χ1) is 13.5. The normalized spacial score (nSPS) is 11.8. The van der Waals surface area contributed by atoms with Gasteiger partial charge in [0.1, 0.15) is 0 Å². The van der Waals surface area contributed by atoms with Gasteiger partial charge in [-0.3, -0.25) is 0 Å². The molecule has 0 aliphatic carbocycles. The number of aromatic amines is 1. The number of para-hydroxylation sites is 1. The van der Waals surface area contributed by atoms with Crippen molar-refractivity contribution in [2.24, 2.45) is 5.73 Å². The van der Waals surface area contributed by atoms with Crippen molar-refractivity contribution in [1.29, 1.82) is 0 Å². The average molecular weight is 416 g/mol. The monoisotopic (exact) mass is 415 g/mol. The number of aromatic nitrogens is 5. The van der Waals surface area contributed by atoms with Crippen LogP contribution in [0.1, 0.15) is 0 Å². The highest BCUT2D eigenvalue weighted by Gasteiger charge is 2.23. The highest BCUT2D eigenvalue weighted by molar-refractivity contribution is 7.90. The summed E-state index contributed by atoms with van der Waals surface area (Å²) in [5, 5.41) is 18.0. The molecule has 0 radical (unpaired) electrons. The molecular formula is C17H17N7O2S2. The molecule has 0 saturated carbocycles. The molecule has 0 atom stereocenters. The number of sulfone groups is 1. The summed E-state index contributed by atoms with van der Waals surface area (Å²) in [7, 11) is -3.52. The van der Waals surface area contributed by atoms with E-state index in [9.17, 15) is 8.42 Å². The van der Waals surface area contributed by atoms with Gasteiger partial charge in [-0.1, -0.05) is 35.6 Å². The van der Waals surface area contributed by atoms with Crippen molar-refractivity contribution in [3.05, 3.63) is 36.4 Å². The number of nitrogens with two attached hydrogens (primary N) is 1. The summed E-state index contributed by atoms with van der Waals surface area (Å²) in [6, 6.07) is 10.9. The number of H-pyrrole nitrogens is 1. The third-order valence-corrected chi connectivity index (χ3v) is 6.24. The van der Waals surface area contributed by atoms with Crippen molar-refractivity contribution in [2.75, 3.05) is 24.7 Å². The van der Waals surface area contributed by atoms with Gasteiger partial charge in [0.05, 0.1) is 15.1 Å². The standard InChI is InChI=1S/C17H17N7O2S2/c1-28(25,26)13-7-3-4-10(14(13)16-21-23-24-22-16)11-5-2-6-12-15(11)20-17(27-12)19-9-8-18/h2-7H,8-9,18H2,1H3,(H,19,20)(H,21,22,23,24). The molecule has 28 heavy (non-hydrogen) atoms. The second kappa shape index (κ2) is 7.26. The zero-order valence-corrected chi connectivity index (χ0v) is 16.5. The third-order valence-electron chi connectivity index (χ3n) is 4.12. The Bertz CT molecular complexity index is 1230. The smallest absolute Gasteiger partial charge is 0.206 e. The third kappa shape index (κ3) is 3.35. The predicted octanol–water partition coefficient (Wildman–Crippen LogP) is 1.92. The number of rotatable bonds is 6. The lowest BCUT2D eigenvalue weighted by Gasteiger charge is -2.12. The lowest BCUT2D eigenvalue weighted by atomic mass is 9.98. The van der Waals surface area contributed by atoms with Gasteiger partial charge in [-0.05, 0) is 22.9 Å². The Morgan fingerprint density at radius 2 is 1.96 bits per heavy atom. The maximum atomic E-state index is 12.4. The van der Waals surface area contributed by atoms with Crippen LogP contribution in [0.4, 0.5) is 5.13 Å². The zero-order valence-electron chi connectivity index (χ0n) is 14.9. The van der Waals surface area contributed by atoms with Gasteiger partial charge in [0.25, 0.3) is 0 Å². The van der Waals surface area contributed by atoms with E-state index in [1.807, 2.05) is 24.3 Å². The van der Waals surface area contributed by atoms with Crippen LogP contribution in [0.25, 0.3) is 32.7 Å². The van der Waals surface area contributed by atoms with Gasteiger partial charge in [0.2, 0.25) is 5.82 Å². The molecule has 4 N–H and O–H groups in total. The van der Waals surface area contributed by atoms with Crippen LogP contribution in [0, 0.1) is 0 Å². The minimum Gasteiger partial charge on any atom is -0.360 e. The van der Waals surface area contributed by atoms with Gasteiger partial charge >= 0.3 is 0 Å². The summed E-state index contributed by atoms with van der Waals surface area (Å²) >= 11 is 1.51. The summed E-state index contributed by atoms with van der Waals surface area (Å²) in [5.41, 5.74) is 8.19. The van der Waals surface area contributed by atoms with Crippen molar-refractivity contribution in [3.63, 3.8) is 0 Å². The van der Waals surface area contributed by atoms with E-state index >= 15 is 0 Å². The lowest BCUT2D eigenvalue weighted by molar-refractivity contribution is 0.602. The van der Waals surface area contributed by atoms with Crippen LogP contribution in [0.2, 0.25) is 0 Å². The van der Waals surface area contributed by atoms with Crippen molar-refractivity contribution in [1.82, 2.24) is 25.6 Å². The Morgan fingerprint density at radius 1 is 1.18 bits per heavy atom. The summed E-state index contributed by atoms with van der Waals surface area (Å²) in [5.74, 6) is 0.213. The van der Waals surface area contributed by atoms with Gasteiger partial charge in [0, 0.05) is 30.5 Å². The van der Waals surface area contributed by atoms with Crippen LogP contribution in [-0.4, -0.2) is 53.4 Å². The fraction of sp³-hybridized carbons (Fsp3) is 0.176. The van der Waals surface area contributed by atoms with Gasteiger partial charge in [-0.25, -0.2) is 13.4 Å². The molecule has 2 heterocycles. The number of fused-ring (bicyclic) bond motifs is 1. The quantitative estimate of drug-likeness (QED) is 0.434. The molecule has 0 spiro atoms. The molecule has 0 aliphatic rings. The van der Waals surface area contributed by atoms with E-state index in [0.29, 0.717) is 24.2 Å². The molecule has 0 fully saturated rings. The van der Waals surface area contributed by atoms with Gasteiger partial charge in [0.15, 0.2) is 15.0 Å². The second-order valence-electron chi connectivity index (χ2n) is 6.07. The Hall–Kier alpha value is -2.89. The molecule has 0 saturated heterocycles. The van der Waals surface area contributed by atoms with E-state index in [4.69, 9.17) is 5.73 Å². The number of nitrogens with one attached hydrogen (secondary N) is 2. The van der Waals surface area contributed by atoms with E-state index in [2.05, 4.69) is 30.9 Å². The topological polar surface area (TPSA) is 140 Å². The Morgan fingerprint density at radius 3 is 2.68 bits per heavy atom. The average Bonchev–Trinajstić information content (AvgIpc) is 3.34. The number of benzene rings is 2. The summed E-state index contributed by atoms with van der Waals surface area (Å²) in [6.07, 6.45) is 1.16. The fourth-order valence-corrected chi connectivity index (χ4v) is 4.80.